The van der Waals surface area contributed by atoms with Crippen LogP contribution in [0.4, 0.5) is 17.1 Å². The molecule has 9 heteroatoms. The molecule has 0 saturated heterocycles. The molecule has 1 aromatic heterocycles. The van der Waals surface area contributed by atoms with E-state index in [-0.39, 0.29) is 19.6 Å². The molecule has 0 saturated carbocycles. The van der Waals surface area contributed by atoms with E-state index in [1.807, 2.05) is 0 Å². The first-order chi connectivity index (χ1) is 15.8. The Morgan fingerprint density at radius 1 is 0.424 bits per heavy atom. The number of benzene rings is 3. The molecule has 0 radical (unpaired) electrons. The molecule has 0 aliphatic heterocycles. The molecule has 4 aromatic rings. The summed E-state index contributed by atoms with van der Waals surface area (Å²) in [6.07, 6.45) is 0. The lowest BCUT2D eigenvalue weighted by molar-refractivity contribution is 0.492. The molecule has 4 rings (SSSR count). The van der Waals surface area contributed by atoms with Crippen molar-refractivity contribution in [2.45, 2.75) is 19.6 Å². The molecule has 0 fully saturated rings. The lowest BCUT2D eigenvalue weighted by atomic mass is 10.2. The maximum Gasteiger partial charge on any atom is 0.336 e. The van der Waals surface area contributed by atoms with Gasteiger partial charge in [0.15, 0.2) is 0 Å². The van der Waals surface area contributed by atoms with Gasteiger partial charge in [0.2, 0.25) is 0 Å². The number of nitrogens with two attached hydrogens (primary N) is 3. The highest BCUT2D eigenvalue weighted by Crippen LogP contribution is 2.08. The van der Waals surface area contributed by atoms with E-state index in [1.165, 1.54) is 0 Å². The fraction of sp³-hybridized carbons (Fsp3) is 0.125. The molecular formula is C24H24N6O3. The average molecular weight is 444 g/mol. The summed E-state index contributed by atoms with van der Waals surface area (Å²) in [5, 5.41) is 0. The molecular weight excluding hydrogens is 420 g/mol. The van der Waals surface area contributed by atoms with Crippen LogP contribution in [0, 0.1) is 0 Å². The van der Waals surface area contributed by atoms with E-state index in [1.54, 1.807) is 72.8 Å². The molecule has 1 heterocycles. The summed E-state index contributed by atoms with van der Waals surface area (Å²) in [6.45, 7) is 0.00507. The molecule has 0 aliphatic carbocycles. The van der Waals surface area contributed by atoms with Gasteiger partial charge in [-0.25, -0.2) is 28.1 Å². The second-order valence-electron chi connectivity index (χ2n) is 7.83. The van der Waals surface area contributed by atoms with Gasteiger partial charge >= 0.3 is 17.1 Å². The zero-order valence-corrected chi connectivity index (χ0v) is 17.8. The minimum Gasteiger partial charge on any atom is -0.399 e. The van der Waals surface area contributed by atoms with Crippen LogP contribution in [0.25, 0.3) is 0 Å². The Hall–Kier alpha value is -4.53. The van der Waals surface area contributed by atoms with Crippen LogP contribution >= 0.6 is 0 Å². The van der Waals surface area contributed by atoms with Crippen molar-refractivity contribution in [3.05, 3.63) is 121 Å². The third kappa shape index (κ3) is 4.72. The molecule has 6 N–H and O–H groups in total. The highest BCUT2D eigenvalue weighted by molar-refractivity contribution is 5.40. The van der Waals surface area contributed by atoms with Gasteiger partial charge in [0.05, 0.1) is 19.6 Å². The standard InChI is InChI=1S/C24H24N6O3/c25-19-7-1-16(2-8-19)13-28-22(31)29(14-17-3-9-20(26)10-4-17)24(33)30(23(28)32)15-18-5-11-21(27)12-6-18/h1-12H,13-15,25-27H2. The molecule has 0 spiro atoms. The summed E-state index contributed by atoms with van der Waals surface area (Å²) in [5.74, 6) is 0. The summed E-state index contributed by atoms with van der Waals surface area (Å²) in [4.78, 5) is 39.7. The number of hydrogen-bond acceptors (Lipinski definition) is 6. The maximum absolute atomic E-state index is 13.2. The van der Waals surface area contributed by atoms with Crippen molar-refractivity contribution in [1.82, 2.24) is 13.7 Å². The number of hydrogen-bond donors (Lipinski definition) is 3. The monoisotopic (exact) mass is 444 g/mol. The Balaban J connectivity index is 1.85. The van der Waals surface area contributed by atoms with Crippen LogP contribution < -0.4 is 34.3 Å². The van der Waals surface area contributed by atoms with E-state index in [0.717, 1.165) is 13.7 Å². The van der Waals surface area contributed by atoms with E-state index in [2.05, 4.69) is 0 Å². The number of nitrogens with zero attached hydrogens (tertiary/aromatic N) is 3. The summed E-state index contributed by atoms with van der Waals surface area (Å²) >= 11 is 0. The van der Waals surface area contributed by atoms with Gasteiger partial charge in [0, 0.05) is 17.1 Å². The smallest absolute Gasteiger partial charge is 0.336 e. The van der Waals surface area contributed by atoms with Crippen molar-refractivity contribution in [3.63, 3.8) is 0 Å². The van der Waals surface area contributed by atoms with Gasteiger partial charge in [-0.3, -0.25) is 0 Å². The summed E-state index contributed by atoms with van der Waals surface area (Å²) in [6, 6.07) is 20.6. The molecule has 168 valence electrons. The van der Waals surface area contributed by atoms with Crippen LogP contribution in [0.3, 0.4) is 0 Å². The second kappa shape index (κ2) is 8.91. The zero-order valence-electron chi connectivity index (χ0n) is 17.8. The van der Waals surface area contributed by atoms with Crippen molar-refractivity contribution in [3.8, 4) is 0 Å². The SMILES string of the molecule is Nc1ccc(Cn2c(=O)n(Cc3ccc(N)cc3)c(=O)n(Cc3ccc(N)cc3)c2=O)cc1. The lowest BCUT2D eigenvalue weighted by Gasteiger charge is -2.15. The average Bonchev–Trinajstić information content (AvgIpc) is 2.81. The Labute approximate surface area is 188 Å². The fourth-order valence-corrected chi connectivity index (χ4v) is 3.51. The van der Waals surface area contributed by atoms with Crippen molar-refractivity contribution in [2.75, 3.05) is 17.2 Å². The normalized spacial score (nSPS) is 10.9. The summed E-state index contributed by atoms with van der Waals surface area (Å²) < 4.78 is 3.17. The molecule has 0 bridgehead atoms. The van der Waals surface area contributed by atoms with Crippen molar-refractivity contribution >= 4 is 17.1 Å². The summed E-state index contributed by atoms with van der Waals surface area (Å²) in [7, 11) is 0. The first-order valence-electron chi connectivity index (χ1n) is 10.3. The molecule has 9 nitrogen and oxygen atoms in total. The van der Waals surface area contributed by atoms with Crippen molar-refractivity contribution < 1.29 is 0 Å². The third-order valence-corrected chi connectivity index (χ3v) is 5.35. The van der Waals surface area contributed by atoms with Gasteiger partial charge in [-0.1, -0.05) is 36.4 Å². The Morgan fingerprint density at radius 2 is 0.636 bits per heavy atom. The van der Waals surface area contributed by atoms with Gasteiger partial charge in [0.1, 0.15) is 0 Å². The zero-order chi connectivity index (χ0) is 23.5. The predicted molar refractivity (Wildman–Crippen MR) is 129 cm³/mol. The molecule has 3 aromatic carbocycles. The van der Waals surface area contributed by atoms with Crippen LogP contribution in [-0.2, 0) is 19.6 Å². The number of rotatable bonds is 6. The fourth-order valence-electron chi connectivity index (χ4n) is 3.51. The molecule has 0 unspecified atom stereocenters. The van der Waals surface area contributed by atoms with Gasteiger partial charge in [-0.2, -0.15) is 0 Å². The minimum absolute atomic E-state index is 0.00169. The highest BCUT2D eigenvalue weighted by atomic mass is 16.2. The minimum atomic E-state index is -0.688. The largest absolute Gasteiger partial charge is 0.399 e. The Morgan fingerprint density at radius 3 is 0.848 bits per heavy atom. The van der Waals surface area contributed by atoms with Crippen LogP contribution in [-0.4, -0.2) is 13.7 Å². The van der Waals surface area contributed by atoms with E-state index in [0.29, 0.717) is 33.8 Å². The lowest BCUT2D eigenvalue weighted by Crippen LogP contribution is -2.54. The van der Waals surface area contributed by atoms with Crippen LogP contribution in [0.1, 0.15) is 16.7 Å². The van der Waals surface area contributed by atoms with E-state index < -0.39 is 17.1 Å². The number of anilines is 3. The van der Waals surface area contributed by atoms with Gasteiger partial charge < -0.3 is 17.2 Å². The third-order valence-electron chi connectivity index (χ3n) is 5.35. The maximum atomic E-state index is 13.2. The quantitative estimate of drug-likeness (QED) is 0.379. The van der Waals surface area contributed by atoms with E-state index in [4.69, 9.17) is 17.2 Å². The Bertz CT molecular complexity index is 1240. The first kappa shape index (κ1) is 21.7. The molecule has 0 aliphatic rings. The molecule has 0 amide bonds. The van der Waals surface area contributed by atoms with Gasteiger partial charge in [-0.05, 0) is 53.1 Å². The Kier molecular flexibility index (Phi) is 5.86. The number of aromatic nitrogens is 3. The number of nitrogen functional groups attached to an aromatic ring is 3. The van der Waals surface area contributed by atoms with E-state index >= 15 is 0 Å². The molecule has 0 atom stereocenters. The predicted octanol–water partition coefficient (Wildman–Crippen LogP) is 1.06. The van der Waals surface area contributed by atoms with Crippen LogP contribution in [0.2, 0.25) is 0 Å². The highest BCUT2D eigenvalue weighted by Gasteiger charge is 2.16. The second-order valence-corrected chi connectivity index (χ2v) is 7.83. The van der Waals surface area contributed by atoms with Gasteiger partial charge in [0.25, 0.3) is 0 Å². The van der Waals surface area contributed by atoms with E-state index in [9.17, 15) is 14.4 Å². The van der Waals surface area contributed by atoms with Crippen LogP contribution in [0.5, 0.6) is 0 Å². The topological polar surface area (TPSA) is 144 Å². The van der Waals surface area contributed by atoms with Gasteiger partial charge in [-0.15, -0.1) is 0 Å². The summed E-state index contributed by atoms with van der Waals surface area (Å²) in [5.41, 5.74) is 19.0. The first-order valence-corrected chi connectivity index (χ1v) is 10.3. The van der Waals surface area contributed by atoms with Crippen molar-refractivity contribution in [1.29, 1.82) is 0 Å². The van der Waals surface area contributed by atoms with Crippen LogP contribution in [0.15, 0.2) is 87.2 Å². The molecule has 33 heavy (non-hydrogen) atoms. The van der Waals surface area contributed by atoms with Crippen molar-refractivity contribution in [2.24, 2.45) is 0 Å².